The molecule has 0 bridgehead atoms. The molecule has 1 aromatic carbocycles. The lowest BCUT2D eigenvalue weighted by Gasteiger charge is -2.31. The first-order valence-electron chi connectivity index (χ1n) is 11.4. The number of ether oxygens (including phenoxy) is 1. The van der Waals surface area contributed by atoms with Gasteiger partial charge in [0.2, 0.25) is 0 Å². The number of likely N-dealkylation sites (tertiary alicyclic amines) is 1. The molecule has 0 amide bonds. The van der Waals surface area contributed by atoms with Crippen LogP contribution >= 0.6 is 0 Å². The van der Waals surface area contributed by atoms with Gasteiger partial charge < -0.3 is 19.8 Å². The molecule has 168 valence electrons. The Morgan fingerprint density at radius 3 is 2.33 bits per heavy atom. The Morgan fingerprint density at radius 1 is 1.03 bits per heavy atom. The summed E-state index contributed by atoms with van der Waals surface area (Å²) in [5.41, 5.74) is 3.07. The Morgan fingerprint density at radius 2 is 1.70 bits per heavy atom. The molecule has 2 aliphatic rings. The molecule has 3 rings (SSSR count). The molecule has 2 N–H and O–H groups in total. The zero-order chi connectivity index (χ0) is 21.8. The van der Waals surface area contributed by atoms with E-state index in [9.17, 15) is 0 Å². The van der Waals surface area contributed by atoms with Gasteiger partial charge in [0.1, 0.15) is 5.75 Å². The first-order chi connectivity index (χ1) is 14.5. The summed E-state index contributed by atoms with van der Waals surface area (Å²) >= 11 is 0. The third kappa shape index (κ3) is 8.74. The summed E-state index contributed by atoms with van der Waals surface area (Å²) < 4.78 is 6.07. The lowest BCUT2D eigenvalue weighted by atomic mass is 9.92. The Kier molecular flexibility index (Phi) is 10.7. The fraction of sp³-hybridized carbons (Fsp3) is 0.667. The monoisotopic (exact) mass is 419 g/mol. The highest BCUT2D eigenvalue weighted by Gasteiger charge is 2.18. The number of carboxylic acid groups (broad SMARTS) is 2. The molecule has 0 spiro atoms. The number of aliphatic carboxylic acids is 2. The molecule has 1 saturated heterocycles. The minimum atomic E-state index is -1.82. The number of carbonyl (C=O) groups is 2. The second-order valence-electron chi connectivity index (χ2n) is 8.38. The van der Waals surface area contributed by atoms with Crippen molar-refractivity contribution in [2.24, 2.45) is 5.92 Å². The Balaban J connectivity index is 0.000000469. The van der Waals surface area contributed by atoms with Crippen molar-refractivity contribution in [1.82, 2.24) is 4.90 Å². The minimum absolute atomic E-state index is 0.866. The largest absolute Gasteiger partial charge is 0.494 e. The minimum Gasteiger partial charge on any atom is -0.494 e. The third-order valence-electron chi connectivity index (χ3n) is 6.08. The maximum Gasteiger partial charge on any atom is 0.414 e. The molecule has 0 aromatic heterocycles. The van der Waals surface area contributed by atoms with Crippen molar-refractivity contribution in [1.29, 1.82) is 0 Å². The summed E-state index contributed by atoms with van der Waals surface area (Å²) in [4.78, 5) is 20.9. The molecule has 30 heavy (non-hydrogen) atoms. The van der Waals surface area contributed by atoms with E-state index in [1.54, 1.807) is 5.56 Å². The van der Waals surface area contributed by atoms with Crippen molar-refractivity contribution >= 4 is 11.9 Å². The molecular weight excluding hydrogens is 382 g/mol. The van der Waals surface area contributed by atoms with Gasteiger partial charge in [0.25, 0.3) is 0 Å². The number of nitrogens with zero attached hydrogens (tertiary/aromatic N) is 1. The summed E-state index contributed by atoms with van der Waals surface area (Å²) in [6.45, 7) is 7.08. The SMILES string of the molecule is CCCCCN1CCC(CCOc2ccc3c(c2)CCCC3)CC1.O=C(O)C(=O)O. The highest BCUT2D eigenvalue weighted by molar-refractivity contribution is 6.27. The summed E-state index contributed by atoms with van der Waals surface area (Å²) in [6, 6.07) is 6.77. The molecule has 1 aliphatic carbocycles. The zero-order valence-electron chi connectivity index (χ0n) is 18.3. The standard InChI is InChI=1S/C22H35NO.C2H2O4/c1-2-3-6-14-23-15-11-19(12-16-23)13-17-24-22-10-9-20-7-4-5-8-21(20)18-22;3-1(4)2(5)6/h9-10,18-19H,2-8,11-17H2,1H3;(H,3,4)(H,5,6). The Bertz CT molecular complexity index is 656. The molecule has 1 aliphatic heterocycles. The van der Waals surface area contributed by atoms with Crippen LogP contribution in [0.15, 0.2) is 18.2 Å². The van der Waals surface area contributed by atoms with Crippen molar-refractivity contribution in [3.8, 4) is 5.75 Å². The number of carboxylic acids is 2. The van der Waals surface area contributed by atoms with Crippen molar-refractivity contribution in [3.63, 3.8) is 0 Å². The van der Waals surface area contributed by atoms with Crippen LogP contribution in [0.2, 0.25) is 0 Å². The molecule has 1 fully saturated rings. The summed E-state index contributed by atoms with van der Waals surface area (Å²) in [5, 5.41) is 14.8. The van der Waals surface area contributed by atoms with E-state index >= 15 is 0 Å². The molecule has 0 atom stereocenters. The average Bonchev–Trinajstić information content (AvgIpc) is 2.75. The number of benzene rings is 1. The summed E-state index contributed by atoms with van der Waals surface area (Å²) in [6.07, 6.45) is 13.2. The number of piperidine rings is 1. The number of hydrogen-bond acceptors (Lipinski definition) is 4. The van der Waals surface area contributed by atoms with Crippen LogP contribution in [0.1, 0.15) is 69.4 Å². The molecule has 1 heterocycles. The highest BCUT2D eigenvalue weighted by atomic mass is 16.5. The predicted octanol–water partition coefficient (Wildman–Crippen LogP) is 4.39. The quantitative estimate of drug-likeness (QED) is 0.480. The van der Waals surface area contributed by atoms with Crippen LogP contribution in [-0.4, -0.2) is 53.3 Å². The van der Waals surface area contributed by atoms with E-state index < -0.39 is 11.9 Å². The van der Waals surface area contributed by atoms with Gasteiger partial charge in [0.05, 0.1) is 6.61 Å². The molecule has 6 heteroatoms. The van der Waals surface area contributed by atoms with E-state index in [0.29, 0.717) is 0 Å². The van der Waals surface area contributed by atoms with E-state index in [2.05, 4.69) is 30.0 Å². The molecule has 0 unspecified atom stereocenters. The number of aryl methyl sites for hydroxylation is 2. The number of unbranched alkanes of at least 4 members (excludes halogenated alkanes) is 2. The average molecular weight is 420 g/mol. The zero-order valence-corrected chi connectivity index (χ0v) is 18.3. The molecule has 0 saturated carbocycles. The van der Waals surface area contributed by atoms with Crippen LogP contribution in [0.5, 0.6) is 5.75 Å². The van der Waals surface area contributed by atoms with Gasteiger partial charge in [0, 0.05) is 0 Å². The smallest absolute Gasteiger partial charge is 0.414 e. The third-order valence-corrected chi connectivity index (χ3v) is 6.08. The number of hydrogen-bond donors (Lipinski definition) is 2. The maximum absolute atomic E-state index is 9.10. The normalized spacial score (nSPS) is 16.8. The number of rotatable bonds is 8. The first-order valence-corrected chi connectivity index (χ1v) is 11.4. The molecule has 0 radical (unpaired) electrons. The molecular formula is C24H37NO5. The second kappa shape index (κ2) is 13.3. The van der Waals surface area contributed by atoms with Gasteiger partial charge in [-0.25, -0.2) is 9.59 Å². The predicted molar refractivity (Wildman–Crippen MR) is 117 cm³/mol. The van der Waals surface area contributed by atoms with Gasteiger partial charge in [-0.2, -0.15) is 0 Å². The van der Waals surface area contributed by atoms with Crippen molar-refractivity contribution in [2.45, 2.75) is 71.1 Å². The van der Waals surface area contributed by atoms with E-state index in [0.717, 1.165) is 18.3 Å². The summed E-state index contributed by atoms with van der Waals surface area (Å²) in [5.74, 6) is -1.69. The van der Waals surface area contributed by atoms with Crippen LogP contribution < -0.4 is 4.74 Å². The highest BCUT2D eigenvalue weighted by Crippen LogP contribution is 2.26. The fourth-order valence-corrected chi connectivity index (χ4v) is 4.23. The van der Waals surface area contributed by atoms with Crippen LogP contribution in [0, 0.1) is 5.92 Å². The van der Waals surface area contributed by atoms with Crippen LogP contribution in [-0.2, 0) is 22.4 Å². The van der Waals surface area contributed by atoms with Crippen LogP contribution in [0.4, 0.5) is 0 Å². The lowest BCUT2D eigenvalue weighted by molar-refractivity contribution is -0.159. The fourth-order valence-electron chi connectivity index (χ4n) is 4.23. The molecule has 1 aromatic rings. The van der Waals surface area contributed by atoms with Gasteiger partial charge in [0.15, 0.2) is 0 Å². The van der Waals surface area contributed by atoms with E-state index in [1.165, 1.54) is 89.4 Å². The molecule has 6 nitrogen and oxygen atoms in total. The van der Waals surface area contributed by atoms with E-state index in [-0.39, 0.29) is 0 Å². The van der Waals surface area contributed by atoms with Gasteiger partial charge in [-0.1, -0.05) is 25.8 Å². The summed E-state index contributed by atoms with van der Waals surface area (Å²) in [7, 11) is 0. The lowest BCUT2D eigenvalue weighted by Crippen LogP contribution is -2.34. The maximum atomic E-state index is 9.10. The number of fused-ring (bicyclic) bond motifs is 1. The van der Waals surface area contributed by atoms with Gasteiger partial charge in [-0.3, -0.25) is 0 Å². The van der Waals surface area contributed by atoms with Crippen molar-refractivity contribution in [2.75, 3.05) is 26.2 Å². The van der Waals surface area contributed by atoms with E-state index in [4.69, 9.17) is 24.5 Å². The van der Waals surface area contributed by atoms with Crippen molar-refractivity contribution in [3.05, 3.63) is 29.3 Å². The van der Waals surface area contributed by atoms with Gasteiger partial charge in [-0.05, 0) is 100 Å². The first kappa shape index (κ1) is 24.2. The Hall–Kier alpha value is -2.08. The van der Waals surface area contributed by atoms with Crippen LogP contribution in [0.25, 0.3) is 0 Å². The second-order valence-corrected chi connectivity index (χ2v) is 8.38. The van der Waals surface area contributed by atoms with Gasteiger partial charge >= 0.3 is 11.9 Å². The van der Waals surface area contributed by atoms with E-state index in [1.807, 2.05) is 0 Å². The van der Waals surface area contributed by atoms with Crippen molar-refractivity contribution < 1.29 is 24.5 Å². The topological polar surface area (TPSA) is 87.1 Å². The Labute approximate surface area is 180 Å². The van der Waals surface area contributed by atoms with Crippen LogP contribution in [0.3, 0.4) is 0 Å². The van der Waals surface area contributed by atoms with Gasteiger partial charge in [-0.15, -0.1) is 0 Å².